The summed E-state index contributed by atoms with van der Waals surface area (Å²) >= 11 is 0. The van der Waals surface area contributed by atoms with Crippen LogP contribution in [0.15, 0.2) is 42.5 Å². The summed E-state index contributed by atoms with van der Waals surface area (Å²) in [5, 5.41) is 2.66. The van der Waals surface area contributed by atoms with Gasteiger partial charge in [-0.25, -0.2) is 9.18 Å². The SMILES string of the molecule is Cc1ccc(F)cc1NC(=O)[C@]1(C)Cc2ccccc2C(=O)O1. The highest BCUT2D eigenvalue weighted by Gasteiger charge is 2.42. The monoisotopic (exact) mass is 313 g/mol. The van der Waals surface area contributed by atoms with E-state index in [-0.39, 0.29) is 6.42 Å². The van der Waals surface area contributed by atoms with Crippen molar-refractivity contribution < 1.29 is 18.7 Å². The minimum Gasteiger partial charge on any atom is -0.445 e. The molecule has 0 radical (unpaired) electrons. The van der Waals surface area contributed by atoms with Crippen molar-refractivity contribution in [2.45, 2.75) is 25.9 Å². The number of rotatable bonds is 2. The standard InChI is InChI=1S/C18H16FNO3/c1-11-7-8-13(19)9-15(11)20-17(22)18(2)10-12-5-3-4-6-14(12)16(21)23-18/h3-9H,10H2,1-2H3,(H,20,22)/t18-/m0/s1. The summed E-state index contributed by atoms with van der Waals surface area (Å²) in [6, 6.07) is 11.2. The number of carbonyl (C=O) groups is 2. The molecule has 23 heavy (non-hydrogen) atoms. The molecule has 1 atom stereocenters. The maximum Gasteiger partial charge on any atom is 0.339 e. The van der Waals surface area contributed by atoms with Gasteiger partial charge in [0.05, 0.1) is 5.56 Å². The van der Waals surface area contributed by atoms with E-state index in [9.17, 15) is 14.0 Å². The summed E-state index contributed by atoms with van der Waals surface area (Å²) in [4.78, 5) is 24.7. The second-order valence-corrected chi connectivity index (χ2v) is 5.87. The molecule has 0 unspecified atom stereocenters. The van der Waals surface area contributed by atoms with E-state index < -0.39 is 23.3 Å². The molecule has 0 saturated carbocycles. The first-order valence-corrected chi connectivity index (χ1v) is 7.28. The molecule has 5 heteroatoms. The third kappa shape index (κ3) is 2.82. The maximum atomic E-state index is 13.4. The van der Waals surface area contributed by atoms with E-state index in [1.54, 1.807) is 38.1 Å². The van der Waals surface area contributed by atoms with Crippen LogP contribution in [0.4, 0.5) is 10.1 Å². The first-order valence-electron chi connectivity index (χ1n) is 7.28. The molecule has 2 aromatic carbocycles. The van der Waals surface area contributed by atoms with Gasteiger partial charge in [0.25, 0.3) is 5.91 Å². The van der Waals surface area contributed by atoms with Gasteiger partial charge < -0.3 is 10.1 Å². The molecule has 1 heterocycles. The van der Waals surface area contributed by atoms with E-state index in [0.29, 0.717) is 11.3 Å². The molecule has 1 aliphatic rings. The van der Waals surface area contributed by atoms with Crippen LogP contribution in [0.3, 0.4) is 0 Å². The predicted octanol–water partition coefficient (Wildman–Crippen LogP) is 3.24. The number of esters is 1. The first-order chi connectivity index (χ1) is 10.9. The molecule has 118 valence electrons. The van der Waals surface area contributed by atoms with Crippen molar-refractivity contribution in [3.05, 3.63) is 65.0 Å². The largest absolute Gasteiger partial charge is 0.445 e. The quantitative estimate of drug-likeness (QED) is 0.866. The van der Waals surface area contributed by atoms with Crippen LogP contribution in [0, 0.1) is 12.7 Å². The average Bonchev–Trinajstić information content (AvgIpc) is 2.51. The van der Waals surface area contributed by atoms with Crippen molar-refractivity contribution >= 4 is 17.6 Å². The van der Waals surface area contributed by atoms with Crippen LogP contribution in [0.2, 0.25) is 0 Å². The zero-order valence-electron chi connectivity index (χ0n) is 12.9. The highest BCUT2D eigenvalue weighted by molar-refractivity contribution is 6.02. The number of carbonyl (C=O) groups excluding carboxylic acids is 2. The van der Waals surface area contributed by atoms with Gasteiger partial charge >= 0.3 is 5.97 Å². The Morgan fingerprint density at radius 3 is 2.78 bits per heavy atom. The van der Waals surface area contributed by atoms with Crippen LogP contribution < -0.4 is 5.32 Å². The zero-order chi connectivity index (χ0) is 16.6. The summed E-state index contributed by atoms with van der Waals surface area (Å²) in [6.07, 6.45) is 0.273. The number of hydrogen-bond donors (Lipinski definition) is 1. The lowest BCUT2D eigenvalue weighted by molar-refractivity contribution is -0.134. The summed E-state index contributed by atoms with van der Waals surface area (Å²) in [7, 11) is 0. The lowest BCUT2D eigenvalue weighted by atomic mass is 9.89. The van der Waals surface area contributed by atoms with Gasteiger partial charge in [0.15, 0.2) is 5.60 Å². The molecule has 1 aliphatic heterocycles. The van der Waals surface area contributed by atoms with Gasteiger partial charge in [0.2, 0.25) is 0 Å². The van der Waals surface area contributed by atoms with Crippen molar-refractivity contribution in [2.24, 2.45) is 0 Å². The van der Waals surface area contributed by atoms with Crippen LogP contribution in [0.1, 0.15) is 28.4 Å². The number of amides is 1. The number of nitrogens with one attached hydrogen (secondary N) is 1. The molecule has 0 spiro atoms. The number of cyclic esters (lactones) is 1. The van der Waals surface area contributed by atoms with E-state index >= 15 is 0 Å². The minimum atomic E-state index is -1.33. The Hall–Kier alpha value is -2.69. The average molecular weight is 313 g/mol. The zero-order valence-corrected chi connectivity index (χ0v) is 12.9. The number of anilines is 1. The molecule has 0 bridgehead atoms. The second kappa shape index (κ2) is 5.50. The third-order valence-electron chi connectivity index (χ3n) is 4.01. The van der Waals surface area contributed by atoms with Gasteiger partial charge in [-0.1, -0.05) is 24.3 Å². The van der Waals surface area contributed by atoms with Gasteiger partial charge in [-0.05, 0) is 43.2 Å². The number of fused-ring (bicyclic) bond motifs is 1. The molecule has 1 N–H and O–H groups in total. The summed E-state index contributed by atoms with van der Waals surface area (Å²) in [6.45, 7) is 3.32. The third-order valence-corrected chi connectivity index (χ3v) is 4.01. The Labute approximate surface area is 133 Å². The lowest BCUT2D eigenvalue weighted by Crippen LogP contribution is -2.49. The number of aryl methyl sites for hydroxylation is 1. The van der Waals surface area contributed by atoms with Crippen molar-refractivity contribution in [3.8, 4) is 0 Å². The molecule has 2 aromatic rings. The molecule has 1 amide bonds. The molecule has 0 saturated heterocycles. The topological polar surface area (TPSA) is 55.4 Å². The molecule has 3 rings (SSSR count). The van der Waals surface area contributed by atoms with Crippen LogP contribution >= 0.6 is 0 Å². The number of benzene rings is 2. The first kappa shape index (κ1) is 15.2. The lowest BCUT2D eigenvalue weighted by Gasteiger charge is -2.33. The Bertz CT molecular complexity index is 803. The Morgan fingerprint density at radius 2 is 2.00 bits per heavy atom. The van der Waals surface area contributed by atoms with E-state index in [1.165, 1.54) is 12.1 Å². The van der Waals surface area contributed by atoms with Crippen molar-refractivity contribution in [1.82, 2.24) is 0 Å². The Morgan fingerprint density at radius 1 is 1.26 bits per heavy atom. The van der Waals surface area contributed by atoms with Crippen LogP contribution in [0.25, 0.3) is 0 Å². The molecule has 4 nitrogen and oxygen atoms in total. The van der Waals surface area contributed by atoms with E-state index in [2.05, 4.69) is 5.32 Å². The van der Waals surface area contributed by atoms with Gasteiger partial charge in [0.1, 0.15) is 5.82 Å². The summed E-state index contributed by atoms with van der Waals surface area (Å²) < 4.78 is 18.7. The van der Waals surface area contributed by atoms with E-state index in [1.807, 2.05) is 6.07 Å². The fourth-order valence-corrected chi connectivity index (χ4v) is 2.64. The van der Waals surface area contributed by atoms with Gasteiger partial charge in [-0.3, -0.25) is 4.79 Å². The van der Waals surface area contributed by atoms with Crippen molar-refractivity contribution in [1.29, 1.82) is 0 Å². The fourth-order valence-electron chi connectivity index (χ4n) is 2.64. The van der Waals surface area contributed by atoms with Gasteiger partial charge in [0, 0.05) is 12.1 Å². The van der Waals surface area contributed by atoms with Crippen LogP contribution in [0.5, 0.6) is 0 Å². The molecule has 0 aliphatic carbocycles. The summed E-state index contributed by atoms with van der Waals surface area (Å²) in [5.41, 5.74) is 0.999. The van der Waals surface area contributed by atoms with Gasteiger partial charge in [-0.15, -0.1) is 0 Å². The maximum absolute atomic E-state index is 13.4. The van der Waals surface area contributed by atoms with Crippen molar-refractivity contribution in [3.63, 3.8) is 0 Å². The summed E-state index contributed by atoms with van der Waals surface area (Å²) in [5.74, 6) is -1.45. The van der Waals surface area contributed by atoms with Crippen LogP contribution in [-0.4, -0.2) is 17.5 Å². The molecule has 0 fully saturated rings. The minimum absolute atomic E-state index is 0.273. The number of halogens is 1. The fraction of sp³-hybridized carbons (Fsp3) is 0.222. The van der Waals surface area contributed by atoms with Crippen LogP contribution in [-0.2, 0) is 16.0 Å². The smallest absolute Gasteiger partial charge is 0.339 e. The highest BCUT2D eigenvalue weighted by atomic mass is 19.1. The van der Waals surface area contributed by atoms with Crippen molar-refractivity contribution in [2.75, 3.05) is 5.32 Å². The number of ether oxygens (including phenoxy) is 1. The van der Waals surface area contributed by atoms with E-state index in [0.717, 1.165) is 11.1 Å². The highest BCUT2D eigenvalue weighted by Crippen LogP contribution is 2.29. The normalized spacial score (nSPS) is 19.7. The van der Waals surface area contributed by atoms with Gasteiger partial charge in [-0.2, -0.15) is 0 Å². The molecular formula is C18H16FNO3. The number of hydrogen-bond acceptors (Lipinski definition) is 3. The molecule has 0 aromatic heterocycles. The second-order valence-electron chi connectivity index (χ2n) is 5.87. The van der Waals surface area contributed by atoms with E-state index in [4.69, 9.17) is 4.74 Å². The Balaban J connectivity index is 1.88. The molecular weight excluding hydrogens is 297 g/mol. The predicted molar refractivity (Wildman–Crippen MR) is 83.7 cm³/mol. The Kier molecular flexibility index (Phi) is 3.64.